The zero-order chi connectivity index (χ0) is 20.9. The van der Waals surface area contributed by atoms with Gasteiger partial charge in [-0.2, -0.15) is 0 Å². The van der Waals surface area contributed by atoms with E-state index < -0.39 is 0 Å². The Morgan fingerprint density at radius 3 is 2.43 bits per heavy atom. The summed E-state index contributed by atoms with van der Waals surface area (Å²) in [4.78, 5) is 28.7. The first-order valence-corrected chi connectivity index (χ1v) is 9.37. The van der Waals surface area contributed by atoms with Crippen molar-refractivity contribution in [3.63, 3.8) is 0 Å². The van der Waals surface area contributed by atoms with Crippen molar-refractivity contribution in [1.82, 2.24) is 9.55 Å². The monoisotopic (exact) mass is 400 g/mol. The first-order chi connectivity index (χ1) is 14.6. The van der Waals surface area contributed by atoms with Crippen LogP contribution in [0.25, 0.3) is 16.7 Å². The summed E-state index contributed by atoms with van der Waals surface area (Å²) >= 11 is 0. The van der Waals surface area contributed by atoms with E-state index in [4.69, 9.17) is 4.74 Å². The van der Waals surface area contributed by atoms with Crippen molar-refractivity contribution in [3.05, 3.63) is 84.7 Å². The van der Waals surface area contributed by atoms with E-state index in [1.54, 1.807) is 42.7 Å². The van der Waals surface area contributed by atoms with Crippen LogP contribution in [0.15, 0.2) is 79.1 Å². The van der Waals surface area contributed by atoms with Crippen molar-refractivity contribution < 1.29 is 14.3 Å². The first kappa shape index (κ1) is 19.4. The number of carbonyl (C=O) groups excluding carboxylic acids is 2. The van der Waals surface area contributed by atoms with Crippen LogP contribution >= 0.6 is 0 Å². The second-order valence-corrected chi connectivity index (χ2v) is 6.67. The molecule has 0 aliphatic carbocycles. The fourth-order valence-electron chi connectivity index (χ4n) is 3.14. The van der Waals surface area contributed by atoms with E-state index in [-0.39, 0.29) is 18.4 Å². The molecule has 1 heterocycles. The Morgan fingerprint density at radius 1 is 0.933 bits per heavy atom. The molecule has 2 amide bonds. The Hall–Kier alpha value is -3.97. The number of carbonyl (C=O) groups is 2. The summed E-state index contributed by atoms with van der Waals surface area (Å²) in [5, 5.41) is 5.56. The lowest BCUT2D eigenvalue weighted by atomic mass is 10.1. The molecule has 0 fully saturated rings. The van der Waals surface area contributed by atoms with Crippen LogP contribution in [-0.4, -0.2) is 35.1 Å². The molecule has 4 aromatic rings. The van der Waals surface area contributed by atoms with Crippen molar-refractivity contribution in [2.24, 2.45) is 0 Å². The van der Waals surface area contributed by atoms with Crippen LogP contribution in [0.2, 0.25) is 0 Å². The number of fused-ring (bicyclic) bond motifs is 1. The molecular weight excluding hydrogens is 380 g/mol. The Bertz CT molecular complexity index is 1200. The normalized spacial score (nSPS) is 10.7. The molecule has 3 aromatic carbocycles. The van der Waals surface area contributed by atoms with Gasteiger partial charge in [-0.3, -0.25) is 14.2 Å². The van der Waals surface area contributed by atoms with Gasteiger partial charge in [0.2, 0.25) is 5.91 Å². The Labute approximate surface area is 173 Å². The molecule has 0 aliphatic rings. The van der Waals surface area contributed by atoms with E-state index in [2.05, 4.69) is 15.6 Å². The minimum atomic E-state index is -0.261. The van der Waals surface area contributed by atoms with Gasteiger partial charge in [0, 0.05) is 29.7 Å². The molecule has 7 nitrogen and oxygen atoms in total. The number of methoxy groups -OCH3 is 1. The van der Waals surface area contributed by atoms with Crippen LogP contribution in [0.4, 0.5) is 11.4 Å². The Balaban J connectivity index is 1.47. The van der Waals surface area contributed by atoms with Gasteiger partial charge in [-0.1, -0.05) is 18.2 Å². The molecule has 0 atom stereocenters. The summed E-state index contributed by atoms with van der Waals surface area (Å²) < 4.78 is 6.78. The third-order valence-corrected chi connectivity index (χ3v) is 4.54. The van der Waals surface area contributed by atoms with Gasteiger partial charge in [-0.25, -0.2) is 4.98 Å². The Kier molecular flexibility index (Phi) is 5.54. The topological polar surface area (TPSA) is 85.3 Å². The molecule has 0 unspecified atom stereocenters. The summed E-state index contributed by atoms with van der Waals surface area (Å²) in [6, 6.07) is 22.1. The summed E-state index contributed by atoms with van der Waals surface area (Å²) in [5.41, 5.74) is 4.52. The third-order valence-electron chi connectivity index (χ3n) is 4.54. The molecule has 0 spiro atoms. The number of para-hydroxylation sites is 2. The second-order valence-electron chi connectivity index (χ2n) is 6.67. The van der Waals surface area contributed by atoms with E-state index in [0.717, 1.165) is 16.7 Å². The van der Waals surface area contributed by atoms with Gasteiger partial charge in [0.05, 0.1) is 11.0 Å². The molecule has 150 valence electrons. The highest BCUT2D eigenvalue weighted by Crippen LogP contribution is 2.20. The zero-order valence-electron chi connectivity index (χ0n) is 16.3. The van der Waals surface area contributed by atoms with Crippen LogP contribution < -0.4 is 10.6 Å². The molecule has 0 saturated carbocycles. The van der Waals surface area contributed by atoms with Crippen molar-refractivity contribution in [3.8, 4) is 5.69 Å². The minimum absolute atomic E-state index is 0.0326. The van der Waals surface area contributed by atoms with Crippen molar-refractivity contribution >= 4 is 34.2 Å². The van der Waals surface area contributed by atoms with Crippen LogP contribution in [-0.2, 0) is 9.53 Å². The molecule has 0 bridgehead atoms. The maximum atomic E-state index is 12.6. The van der Waals surface area contributed by atoms with Gasteiger partial charge in [-0.05, 0) is 54.6 Å². The van der Waals surface area contributed by atoms with E-state index in [0.29, 0.717) is 16.9 Å². The zero-order valence-corrected chi connectivity index (χ0v) is 16.3. The molecular formula is C23H20N4O3. The average molecular weight is 400 g/mol. The lowest BCUT2D eigenvalue weighted by molar-refractivity contribution is -0.119. The molecule has 30 heavy (non-hydrogen) atoms. The van der Waals surface area contributed by atoms with Crippen LogP contribution in [0.5, 0.6) is 0 Å². The molecule has 0 aliphatic heterocycles. The highest BCUT2D eigenvalue weighted by atomic mass is 16.5. The van der Waals surface area contributed by atoms with Gasteiger partial charge in [0.25, 0.3) is 5.91 Å². The molecule has 0 saturated heterocycles. The van der Waals surface area contributed by atoms with Crippen molar-refractivity contribution in [2.75, 3.05) is 24.4 Å². The van der Waals surface area contributed by atoms with Gasteiger partial charge >= 0.3 is 0 Å². The molecule has 1 aromatic heterocycles. The number of nitrogens with zero attached hydrogens (tertiary/aromatic N) is 2. The maximum absolute atomic E-state index is 12.6. The summed E-state index contributed by atoms with van der Waals surface area (Å²) in [5.74, 6) is -0.499. The summed E-state index contributed by atoms with van der Waals surface area (Å²) in [6.45, 7) is -0.0326. The van der Waals surface area contributed by atoms with Crippen molar-refractivity contribution in [2.45, 2.75) is 0 Å². The number of nitrogens with one attached hydrogen (secondary N) is 2. The summed E-state index contributed by atoms with van der Waals surface area (Å²) in [7, 11) is 1.46. The van der Waals surface area contributed by atoms with E-state index in [9.17, 15) is 9.59 Å². The summed E-state index contributed by atoms with van der Waals surface area (Å²) in [6.07, 6.45) is 1.77. The Morgan fingerprint density at radius 2 is 1.67 bits per heavy atom. The number of aromatic nitrogens is 2. The van der Waals surface area contributed by atoms with Gasteiger partial charge < -0.3 is 15.4 Å². The highest BCUT2D eigenvalue weighted by Gasteiger charge is 2.09. The van der Waals surface area contributed by atoms with Gasteiger partial charge in [0.1, 0.15) is 12.9 Å². The number of imidazole rings is 1. The predicted molar refractivity (Wildman–Crippen MR) is 116 cm³/mol. The SMILES string of the molecule is COCC(=O)Nc1cccc(NC(=O)c2ccc(-n3cnc4ccccc43)cc2)c1. The number of ether oxygens (including phenoxy) is 1. The van der Waals surface area contributed by atoms with Gasteiger partial charge in [0.15, 0.2) is 0 Å². The van der Waals surface area contributed by atoms with Crippen LogP contribution in [0, 0.1) is 0 Å². The first-order valence-electron chi connectivity index (χ1n) is 9.37. The number of hydrogen-bond donors (Lipinski definition) is 2. The smallest absolute Gasteiger partial charge is 0.255 e. The fraction of sp³-hybridized carbons (Fsp3) is 0.0870. The number of anilines is 2. The molecule has 7 heteroatoms. The number of amides is 2. The number of benzene rings is 3. The molecule has 2 N–H and O–H groups in total. The molecule has 4 rings (SSSR count). The van der Waals surface area contributed by atoms with Gasteiger partial charge in [-0.15, -0.1) is 0 Å². The quantitative estimate of drug-likeness (QED) is 0.515. The average Bonchev–Trinajstić information content (AvgIpc) is 3.18. The minimum Gasteiger partial charge on any atom is -0.375 e. The van der Waals surface area contributed by atoms with Crippen LogP contribution in [0.3, 0.4) is 0 Å². The van der Waals surface area contributed by atoms with Crippen LogP contribution in [0.1, 0.15) is 10.4 Å². The standard InChI is InChI=1S/C23H20N4O3/c1-30-14-22(28)25-17-5-4-6-18(13-17)26-23(29)16-9-11-19(12-10-16)27-15-24-20-7-2-3-8-21(20)27/h2-13,15H,14H2,1H3,(H,25,28)(H,26,29). The lowest BCUT2D eigenvalue weighted by Crippen LogP contribution is -2.17. The lowest BCUT2D eigenvalue weighted by Gasteiger charge is -2.10. The third kappa shape index (κ3) is 4.21. The molecule has 0 radical (unpaired) electrons. The van der Waals surface area contributed by atoms with E-state index in [1.165, 1.54) is 7.11 Å². The van der Waals surface area contributed by atoms with E-state index in [1.807, 2.05) is 41.0 Å². The highest BCUT2D eigenvalue weighted by molar-refractivity contribution is 6.04. The van der Waals surface area contributed by atoms with Crippen molar-refractivity contribution in [1.29, 1.82) is 0 Å². The number of rotatable bonds is 6. The predicted octanol–water partition coefficient (Wildman–Crippen LogP) is 3.86. The second kappa shape index (κ2) is 8.59. The number of hydrogen-bond acceptors (Lipinski definition) is 4. The fourth-order valence-corrected chi connectivity index (χ4v) is 3.14. The maximum Gasteiger partial charge on any atom is 0.255 e. The van der Waals surface area contributed by atoms with E-state index >= 15 is 0 Å². The largest absolute Gasteiger partial charge is 0.375 e.